The van der Waals surface area contributed by atoms with Crippen LogP contribution in [0.5, 0.6) is 5.75 Å². The van der Waals surface area contributed by atoms with Gasteiger partial charge in [-0.1, -0.05) is 56.2 Å². The van der Waals surface area contributed by atoms with Crippen LogP contribution in [0.15, 0.2) is 58.1 Å². The van der Waals surface area contributed by atoms with E-state index in [4.69, 9.17) is 0 Å². The molecule has 0 radical (unpaired) electrons. The van der Waals surface area contributed by atoms with Crippen molar-refractivity contribution in [3.63, 3.8) is 0 Å². The van der Waals surface area contributed by atoms with E-state index in [0.29, 0.717) is 24.9 Å². The number of nitrogens with zero attached hydrogens (tertiary/aromatic N) is 1. The molecule has 3 aromatic carbocycles. The van der Waals surface area contributed by atoms with Gasteiger partial charge in [-0.3, -0.25) is 14.4 Å². The van der Waals surface area contributed by atoms with Crippen molar-refractivity contribution >= 4 is 23.0 Å². The number of carbonyl (C=O) groups excluding carboxylic acids is 1. The number of hydrogen-bond donors (Lipinski definition) is 3. The molecule has 1 atom stereocenters. The van der Waals surface area contributed by atoms with Gasteiger partial charge in [0.2, 0.25) is 0 Å². The lowest BCUT2D eigenvalue weighted by molar-refractivity contribution is 0.0585. The van der Waals surface area contributed by atoms with E-state index in [-0.39, 0.29) is 40.3 Å². The SMILES string of the molecule is CC[C@@H](Nc1c(Nc2cccc(C(=O)N3CCC4(CCCC4)CC3)c2O)c(=O)c1=O)c1ccccc1. The molecule has 0 bridgehead atoms. The van der Waals surface area contributed by atoms with Crippen molar-refractivity contribution < 1.29 is 9.90 Å². The van der Waals surface area contributed by atoms with Crippen molar-refractivity contribution in [1.29, 1.82) is 0 Å². The Kier molecular flexibility index (Phi) is 6.56. The van der Waals surface area contributed by atoms with Crippen LogP contribution in [-0.4, -0.2) is 29.0 Å². The molecule has 0 unspecified atom stereocenters. The number of phenols is 1. The molecule has 1 aliphatic carbocycles. The van der Waals surface area contributed by atoms with Crippen molar-refractivity contribution in [3.8, 4) is 5.75 Å². The maximum absolute atomic E-state index is 13.3. The summed E-state index contributed by atoms with van der Waals surface area (Å²) in [6.07, 6.45) is 7.80. The lowest BCUT2D eigenvalue weighted by Crippen LogP contribution is -2.42. The molecule has 1 heterocycles. The molecule has 3 N–H and O–H groups in total. The van der Waals surface area contributed by atoms with Crippen LogP contribution in [0.2, 0.25) is 0 Å². The fourth-order valence-electron chi connectivity index (χ4n) is 5.86. The van der Waals surface area contributed by atoms with Crippen LogP contribution < -0.4 is 21.5 Å². The Balaban J connectivity index is 1.33. The van der Waals surface area contributed by atoms with Crippen LogP contribution in [0.25, 0.3) is 0 Å². The zero-order chi connectivity index (χ0) is 25.3. The second-order valence-electron chi connectivity index (χ2n) is 10.3. The fourth-order valence-corrected chi connectivity index (χ4v) is 5.86. The van der Waals surface area contributed by atoms with Crippen molar-refractivity contribution in [2.75, 3.05) is 23.7 Å². The van der Waals surface area contributed by atoms with Crippen LogP contribution in [0, 0.1) is 5.41 Å². The zero-order valence-electron chi connectivity index (χ0n) is 20.7. The zero-order valence-corrected chi connectivity index (χ0v) is 20.7. The van der Waals surface area contributed by atoms with Gasteiger partial charge in [0.05, 0.1) is 17.3 Å². The van der Waals surface area contributed by atoms with E-state index in [1.807, 2.05) is 42.2 Å². The number of anilines is 3. The first kappa shape index (κ1) is 24.1. The van der Waals surface area contributed by atoms with Gasteiger partial charge in [-0.2, -0.15) is 0 Å². The Bertz CT molecular complexity index is 1310. The Morgan fingerprint density at radius 1 is 0.944 bits per heavy atom. The number of phenolic OH excluding ortho intramolecular Hbond substituents is 1. The molecule has 2 aliphatic rings. The highest BCUT2D eigenvalue weighted by molar-refractivity contribution is 5.99. The van der Waals surface area contributed by atoms with Crippen LogP contribution in [-0.2, 0) is 0 Å². The van der Waals surface area contributed by atoms with Crippen molar-refractivity contribution in [2.24, 2.45) is 5.41 Å². The minimum atomic E-state index is -0.644. The lowest BCUT2D eigenvalue weighted by Gasteiger charge is -2.39. The fraction of sp³-hybridized carbons (Fsp3) is 0.414. The summed E-state index contributed by atoms with van der Waals surface area (Å²) in [5.41, 5.74) is 0.905. The summed E-state index contributed by atoms with van der Waals surface area (Å²) in [7, 11) is 0. The Hall–Kier alpha value is -3.61. The molecule has 36 heavy (non-hydrogen) atoms. The lowest BCUT2D eigenvalue weighted by atomic mass is 9.77. The minimum absolute atomic E-state index is 0.107. The molecule has 5 rings (SSSR count). The topological polar surface area (TPSA) is 98.7 Å². The maximum atomic E-state index is 13.3. The van der Waals surface area contributed by atoms with E-state index in [0.717, 1.165) is 18.4 Å². The summed E-state index contributed by atoms with van der Waals surface area (Å²) < 4.78 is 0. The highest BCUT2D eigenvalue weighted by Gasteiger charge is 2.38. The van der Waals surface area contributed by atoms with Gasteiger partial charge in [0.15, 0.2) is 5.75 Å². The molecule has 7 nitrogen and oxygen atoms in total. The van der Waals surface area contributed by atoms with E-state index in [2.05, 4.69) is 10.6 Å². The number of carbonyl (C=O) groups is 1. The monoisotopic (exact) mass is 487 g/mol. The number of nitrogens with one attached hydrogen (secondary N) is 2. The highest BCUT2D eigenvalue weighted by atomic mass is 16.3. The van der Waals surface area contributed by atoms with Gasteiger partial charge >= 0.3 is 0 Å². The molecule has 2 fully saturated rings. The van der Waals surface area contributed by atoms with Crippen LogP contribution in [0.4, 0.5) is 17.1 Å². The predicted octanol–water partition coefficient (Wildman–Crippen LogP) is 5.09. The number of aromatic hydroxyl groups is 1. The third kappa shape index (κ3) is 4.38. The van der Waals surface area contributed by atoms with Gasteiger partial charge < -0.3 is 20.6 Å². The first-order chi connectivity index (χ1) is 17.4. The average Bonchev–Trinajstić information content (AvgIpc) is 3.37. The van der Waals surface area contributed by atoms with Crippen LogP contribution >= 0.6 is 0 Å². The van der Waals surface area contributed by atoms with Crippen molar-refractivity contribution in [2.45, 2.75) is 57.9 Å². The highest BCUT2D eigenvalue weighted by Crippen LogP contribution is 2.46. The van der Waals surface area contributed by atoms with Gasteiger partial charge in [-0.05, 0) is 55.2 Å². The van der Waals surface area contributed by atoms with E-state index in [1.165, 1.54) is 25.7 Å². The van der Waals surface area contributed by atoms with Gasteiger partial charge in [0.1, 0.15) is 11.4 Å². The molecule has 1 spiro atoms. The standard InChI is InChI=1S/C29H33N3O4/c1-2-21(19-9-4-3-5-10-19)30-23-24(27(35)26(23)34)31-22-12-8-11-20(25(22)33)28(36)32-17-15-29(16-18-32)13-6-7-14-29/h3-5,8-12,21,30-31,33H,2,6-7,13-18H2,1H3/t21-/m1/s1. The minimum Gasteiger partial charge on any atom is -0.505 e. The molecular formula is C29H33N3O4. The first-order valence-electron chi connectivity index (χ1n) is 13.0. The van der Waals surface area contributed by atoms with E-state index in [1.54, 1.807) is 18.2 Å². The van der Waals surface area contributed by atoms with Crippen LogP contribution in [0.1, 0.15) is 73.8 Å². The molecule has 3 aromatic rings. The molecule has 1 amide bonds. The van der Waals surface area contributed by atoms with Gasteiger partial charge in [0.25, 0.3) is 16.8 Å². The third-order valence-electron chi connectivity index (χ3n) is 8.14. The van der Waals surface area contributed by atoms with Crippen LogP contribution in [0.3, 0.4) is 0 Å². The van der Waals surface area contributed by atoms with E-state index >= 15 is 0 Å². The first-order valence-corrected chi connectivity index (χ1v) is 13.0. The largest absolute Gasteiger partial charge is 0.505 e. The number of para-hydroxylation sites is 1. The van der Waals surface area contributed by atoms with Crippen molar-refractivity contribution in [3.05, 3.63) is 80.1 Å². The summed E-state index contributed by atoms with van der Waals surface area (Å²) >= 11 is 0. The summed E-state index contributed by atoms with van der Waals surface area (Å²) in [4.78, 5) is 39.9. The van der Waals surface area contributed by atoms with Gasteiger partial charge in [-0.15, -0.1) is 0 Å². The number of piperidine rings is 1. The molecule has 0 aromatic heterocycles. The summed E-state index contributed by atoms with van der Waals surface area (Å²) in [5.74, 6) is -0.416. The Morgan fingerprint density at radius 2 is 1.61 bits per heavy atom. The molecule has 1 saturated heterocycles. The van der Waals surface area contributed by atoms with E-state index in [9.17, 15) is 19.5 Å². The van der Waals surface area contributed by atoms with Gasteiger partial charge in [0, 0.05) is 13.1 Å². The predicted molar refractivity (Wildman–Crippen MR) is 142 cm³/mol. The number of rotatable bonds is 7. The normalized spacial score (nSPS) is 17.9. The van der Waals surface area contributed by atoms with Crippen molar-refractivity contribution in [1.82, 2.24) is 4.90 Å². The summed E-state index contributed by atoms with van der Waals surface area (Å²) in [6, 6.07) is 14.5. The third-order valence-corrected chi connectivity index (χ3v) is 8.14. The molecule has 188 valence electrons. The number of hydrogen-bond acceptors (Lipinski definition) is 6. The second-order valence-corrected chi connectivity index (χ2v) is 10.3. The molecular weight excluding hydrogens is 454 g/mol. The van der Waals surface area contributed by atoms with Gasteiger partial charge in [-0.25, -0.2) is 0 Å². The molecule has 1 saturated carbocycles. The summed E-state index contributed by atoms with van der Waals surface area (Å²) in [5, 5.41) is 17.1. The second kappa shape index (κ2) is 9.80. The quantitative estimate of drug-likeness (QED) is 0.317. The summed E-state index contributed by atoms with van der Waals surface area (Å²) in [6.45, 7) is 3.39. The van der Waals surface area contributed by atoms with E-state index < -0.39 is 10.9 Å². The molecule has 7 heteroatoms. The average molecular weight is 488 g/mol. The Morgan fingerprint density at radius 3 is 2.28 bits per heavy atom. The number of amides is 1. The maximum Gasteiger partial charge on any atom is 0.257 e. The Labute approximate surface area is 210 Å². The molecule has 1 aliphatic heterocycles. The smallest absolute Gasteiger partial charge is 0.257 e. The number of benzene rings is 2. The number of likely N-dealkylation sites (tertiary alicyclic amines) is 1.